The van der Waals surface area contributed by atoms with E-state index in [1.54, 1.807) is 120 Å². The van der Waals surface area contributed by atoms with Crippen molar-refractivity contribution in [2.75, 3.05) is 19.8 Å². The van der Waals surface area contributed by atoms with Gasteiger partial charge in [-0.3, -0.25) is 77.0 Å². The molecule has 3 saturated heterocycles. The molecular weight excluding hydrogens is 1830 g/mol. The minimum atomic E-state index is -4.31. The molecule has 3 fully saturated rings. The number of rotatable bonds is 35. The van der Waals surface area contributed by atoms with Crippen molar-refractivity contribution in [2.24, 2.45) is 0 Å². The summed E-state index contributed by atoms with van der Waals surface area (Å²) in [6.45, 7) is 36.5. The molecule has 37 nitrogen and oxygen atoms in total. The number of carbonyl (C=O) groups excluding carboxylic acids is 9. The van der Waals surface area contributed by atoms with Crippen molar-refractivity contribution in [1.82, 2.24) is 30.0 Å². The third-order valence-electron chi connectivity index (χ3n) is 21.7. The van der Waals surface area contributed by atoms with Crippen molar-refractivity contribution in [3.05, 3.63) is 162 Å². The van der Waals surface area contributed by atoms with Crippen LogP contribution >= 0.6 is 23.2 Å². The molecule has 0 aromatic heterocycles. The van der Waals surface area contributed by atoms with Crippen LogP contribution in [0.3, 0.4) is 0 Å². The molecule has 5 N–H and O–H groups in total. The predicted octanol–water partition coefficient (Wildman–Crippen LogP) is 13.8. The monoisotopic (exact) mass is 1950 g/mol. The molecule has 4 aromatic carbocycles. The summed E-state index contributed by atoms with van der Waals surface area (Å²) in [6, 6.07) is 26.3. The number of aliphatic hydroxyl groups excluding tert-OH is 2. The smallest absolute Gasteiger partial charge is 0.462 e. The van der Waals surface area contributed by atoms with E-state index in [4.69, 9.17) is 64.4 Å². The Labute approximate surface area is 768 Å². The first-order chi connectivity index (χ1) is 61.1. The van der Waals surface area contributed by atoms with Gasteiger partial charge in [-0.1, -0.05) is 96.1 Å². The number of esters is 3. The zero-order chi connectivity index (χ0) is 99.0. The van der Waals surface area contributed by atoms with Gasteiger partial charge in [-0.2, -0.15) is 15.3 Å². The Morgan fingerprint density at radius 2 is 0.758 bits per heavy atom. The van der Waals surface area contributed by atoms with Crippen molar-refractivity contribution in [2.45, 2.75) is 289 Å². The highest BCUT2D eigenvalue weighted by atomic mass is 31.2. The number of hydrogen-bond donors (Lipinski definition) is 5. The van der Waals surface area contributed by atoms with E-state index in [1.165, 1.54) is 95.6 Å². The van der Waals surface area contributed by atoms with Gasteiger partial charge < -0.3 is 65.6 Å². The Morgan fingerprint density at radius 3 is 1.06 bits per heavy atom. The van der Waals surface area contributed by atoms with E-state index >= 15 is 13.2 Å². The second kappa shape index (κ2) is 45.5. The molecule has 0 unspecified atom stereocenters. The number of benzene rings is 4. The molecule has 6 aliphatic heterocycles. The van der Waals surface area contributed by atoms with Crippen molar-refractivity contribution in [3.8, 4) is 23.0 Å². The maximum Gasteiger partial charge on any atom is 0.513 e. The number of nitrogens with one attached hydrogen (secondary N) is 3. The van der Waals surface area contributed by atoms with E-state index in [-0.39, 0.29) is 57.1 Å². The number of nitro groups is 1. The molecule has 0 aliphatic carbocycles. The van der Waals surface area contributed by atoms with Crippen molar-refractivity contribution in [3.63, 3.8) is 0 Å². The number of allylic oxidation sites excluding steroid dienone is 3. The van der Waals surface area contributed by atoms with E-state index in [1.807, 2.05) is 67.7 Å². The quantitative estimate of drug-likeness (QED) is 0.00543. The maximum absolute atomic E-state index is 16.8. The Hall–Kier alpha value is -9.04. The second-order valence-electron chi connectivity index (χ2n) is 36.2. The highest BCUT2D eigenvalue weighted by Crippen LogP contribution is 2.53. The third kappa shape index (κ3) is 30.0. The molecule has 6 heterocycles. The van der Waals surface area contributed by atoms with Gasteiger partial charge in [0, 0.05) is 30.7 Å². The SMILES string of the molecule is CC(C)(C)[Si](C)(C)O[C@@H]1[C@@H](CO)O[C@@H](N2C=CC(=O)CC2=O)[C@]1(C)F.CC(C)OC(=O)[C@H](C)N[P@@](=O)(OC[C@H]1O[C@@H](N2C=CC(=O)CC2=O)[C@](C)(F)[C@@H]1O)Oc1ccccc1.CC(C)OC(=O)[C@H](C)N[P@@](=O)(OC[C@H]1O[C@@H](N2C=CC(=O)CC2=O)[C@](C)(F)[C@@H]1O[Si](C)(C)C(C)(C)C)Oc1ccccc1.CC(C)OC(=O)[C@H](C)N[P@](=O)(Oc1ccccc1)Oc1ccc([N+](=O)[O-])cc1. The van der Waals surface area contributed by atoms with E-state index in [0.717, 1.165) is 33.9 Å². The molecule has 730 valence electrons. The summed E-state index contributed by atoms with van der Waals surface area (Å²) >= 11 is 0. The Balaban J connectivity index is 0.000000246. The number of ketones is 3. The Bertz CT molecular complexity index is 4930. The highest BCUT2D eigenvalue weighted by molar-refractivity contribution is 7.53. The van der Waals surface area contributed by atoms with Crippen LogP contribution in [0.25, 0.3) is 0 Å². The second-order valence-corrected chi connectivity index (χ2v) is 50.7. The number of halogens is 3. The lowest BCUT2D eigenvalue weighted by Gasteiger charge is -2.42. The Morgan fingerprint density at radius 1 is 0.477 bits per heavy atom. The van der Waals surface area contributed by atoms with Crippen molar-refractivity contribution >= 4 is 98.5 Å². The molecule has 6 aliphatic rings. The van der Waals surface area contributed by atoms with E-state index in [0.29, 0.717) is 0 Å². The molecule has 0 spiro atoms. The summed E-state index contributed by atoms with van der Waals surface area (Å²) < 4.78 is 168. The number of para-hydroxylation sites is 3. The van der Waals surface area contributed by atoms with Gasteiger partial charge in [0.15, 0.2) is 69.7 Å². The maximum atomic E-state index is 16.8. The van der Waals surface area contributed by atoms with Crippen LogP contribution in [0.15, 0.2) is 152 Å². The summed E-state index contributed by atoms with van der Waals surface area (Å²) in [5.41, 5.74) is -6.87. The minimum Gasteiger partial charge on any atom is -0.462 e. The molecule has 4 aromatic rings. The topological polar surface area (TPSA) is 463 Å². The first kappa shape index (κ1) is 110. The number of non-ortho nitro benzene ring substituents is 1. The van der Waals surface area contributed by atoms with Crippen molar-refractivity contribution in [1.29, 1.82) is 0 Å². The number of alkyl halides is 3. The zero-order valence-corrected chi connectivity index (χ0v) is 82.6. The predicted molar refractivity (Wildman–Crippen MR) is 480 cm³/mol. The summed E-state index contributed by atoms with van der Waals surface area (Å²) in [7, 11) is -17.6. The lowest BCUT2D eigenvalue weighted by atomic mass is 9.97. The van der Waals surface area contributed by atoms with Gasteiger partial charge in [0.05, 0.1) is 62.3 Å². The van der Waals surface area contributed by atoms with Crippen LogP contribution in [0.1, 0.15) is 144 Å². The minimum absolute atomic E-state index is 0.0711. The van der Waals surface area contributed by atoms with Crippen LogP contribution in [-0.2, 0) is 103 Å². The summed E-state index contributed by atoms with van der Waals surface area (Å²) in [6.07, 6.45) is -6.95. The summed E-state index contributed by atoms with van der Waals surface area (Å²) in [4.78, 5) is 122. The molecule has 0 bridgehead atoms. The zero-order valence-electron chi connectivity index (χ0n) is 77.9. The summed E-state index contributed by atoms with van der Waals surface area (Å²) in [5, 5.41) is 38.2. The number of amides is 3. The Kier molecular flexibility index (Phi) is 37.9. The molecule has 10 rings (SSSR count). The van der Waals surface area contributed by atoms with Gasteiger partial charge in [-0.15, -0.1) is 0 Å². The van der Waals surface area contributed by atoms with Gasteiger partial charge in [0.25, 0.3) is 5.69 Å². The fourth-order valence-corrected chi connectivity index (χ4v) is 20.0. The van der Waals surface area contributed by atoms with Crippen LogP contribution < -0.4 is 33.4 Å². The number of carbonyl (C=O) groups is 9. The number of nitrogens with zero attached hydrogens (tertiary/aromatic N) is 4. The first-order valence-electron chi connectivity index (χ1n) is 42.5. The number of nitro benzene ring substituents is 1. The fraction of sp³-hybridized carbons (Fsp3) is 0.552. The van der Waals surface area contributed by atoms with Crippen molar-refractivity contribution < 1.29 is 150 Å². The molecule has 0 radical (unpaired) electrons. The average molecular weight is 1950 g/mol. The number of hydrogen-bond acceptors (Lipinski definition) is 30. The largest absolute Gasteiger partial charge is 0.513 e. The first-order valence-corrected chi connectivity index (χ1v) is 53.0. The molecule has 18 atom stereocenters. The van der Waals surface area contributed by atoms with E-state index < -0.39 is 227 Å². The third-order valence-corrected chi connectivity index (χ3v) is 35.5. The van der Waals surface area contributed by atoms with E-state index in [2.05, 4.69) is 15.3 Å². The van der Waals surface area contributed by atoms with Gasteiger partial charge in [-0.25, -0.2) is 26.9 Å². The fourth-order valence-electron chi connectivity index (χ4n) is 12.8. The number of ether oxygens (including phenoxy) is 6. The van der Waals surface area contributed by atoms with Crippen LogP contribution in [0, 0.1) is 10.1 Å². The average Bonchev–Trinajstić information content (AvgIpc) is 1.59. The summed E-state index contributed by atoms with van der Waals surface area (Å²) in [5.74, 6) is -4.32. The molecule has 0 saturated carbocycles. The van der Waals surface area contributed by atoms with Gasteiger partial charge >= 0.3 is 41.1 Å². The van der Waals surface area contributed by atoms with Crippen LogP contribution in [-0.4, -0.2) is 228 Å². The number of aliphatic hydroxyl groups is 2. The lowest BCUT2D eigenvalue weighted by molar-refractivity contribution is -0.384. The molecule has 3 amide bonds. The van der Waals surface area contributed by atoms with Crippen LogP contribution in [0.2, 0.25) is 36.3 Å². The van der Waals surface area contributed by atoms with Gasteiger partial charge in [0.2, 0.25) is 17.7 Å². The lowest BCUT2D eigenvalue weighted by Crippen LogP contribution is -2.56. The van der Waals surface area contributed by atoms with E-state index in [9.17, 15) is 77.2 Å². The standard InChI is InChI=1S/C29H44FN2O9PSi.C23H30FN2O9P.C18H21N2O7P.C17H28FNO5Si/c1-19(2)38-26(35)20(3)31-42(36,40-22-13-11-10-12-14-22)37-18-23-25(41-43(8,9)28(4,5)6)29(7,30)27(39-23)32-16-15-21(33)17-24(32)34;1-14(2)33-21(30)15(3)25-36(31,35-17-8-6-5-7-9-17)32-13-18-20(29)23(4,24)22(34-18)26-11-10-16(27)12-19(26)28;1-13(2)25-18(21)14(3)19-28(24,26-16-7-5-4-6-8-16)27-17-11-9-15(10-12-17)20(22)23;1-16(2,3)25(5,6)24-14-12(10-20)23-15(17(14,4)18)19-8-7-11(21)9-13(19)22/h10-16,19-20,23,25,27H,17-18H2,1-9H3,(H,31,36);5-11,14-15,18,20,22,29H,12-13H2,1-4H3,(H,25,31);4-14H,1-3H3,(H,19,24);7-8,12,14-15,20H,9-10H2,1-6H3/t20-,23+,25+,27+,29+,42+;15-,18+,20+,22+,23+,36+;14-,28-;12-,14-,15-,17-/m0001/s1. The van der Waals surface area contributed by atoms with Gasteiger partial charge in [-0.05, 0) is 186 Å². The molecule has 45 heteroatoms. The highest BCUT2D eigenvalue weighted by Gasteiger charge is 2.63. The van der Waals surface area contributed by atoms with Crippen LogP contribution in [0.4, 0.5) is 18.9 Å². The van der Waals surface area contributed by atoms with Crippen LogP contribution in [0.5, 0.6) is 23.0 Å². The molecular formula is C87H123F3N7O30P3Si2. The normalized spacial score (nSPS) is 26.0. The van der Waals surface area contributed by atoms with Gasteiger partial charge in [0.1, 0.15) is 77.7 Å². The molecule has 132 heavy (non-hydrogen) atoms.